The van der Waals surface area contributed by atoms with Gasteiger partial charge in [-0.1, -0.05) is 122 Å². The number of hydrogen-bond donors (Lipinski definition) is 0. The van der Waals surface area contributed by atoms with Crippen LogP contribution < -0.4 is 0 Å². The van der Waals surface area contributed by atoms with Crippen LogP contribution in [-0.2, 0) is 9.13 Å². The van der Waals surface area contributed by atoms with Crippen LogP contribution in [-0.4, -0.2) is 30.9 Å². The van der Waals surface area contributed by atoms with E-state index in [1.54, 1.807) is 0 Å². The quantitative estimate of drug-likeness (QED) is 0.0543. The van der Waals surface area contributed by atoms with E-state index in [0.29, 0.717) is 10.9 Å². The smallest absolute Gasteiger partial charge is 0.314 e. The lowest BCUT2D eigenvalue weighted by Gasteiger charge is -2.40. The van der Waals surface area contributed by atoms with Gasteiger partial charge in [-0.05, 0) is 32.1 Å². The lowest BCUT2D eigenvalue weighted by molar-refractivity contribution is -0.908. The van der Waals surface area contributed by atoms with Crippen LogP contribution in [0, 0.1) is 0 Å². The Morgan fingerprint density at radius 2 is 0.912 bits per heavy atom. The van der Waals surface area contributed by atoms with Crippen LogP contribution >= 0.6 is 7.68 Å². The van der Waals surface area contributed by atoms with E-state index in [4.69, 9.17) is 0 Å². The Bertz CT molecular complexity index is 542. The Morgan fingerprint density at radius 3 is 1.24 bits per heavy atom. The minimum absolute atomic E-state index is 0.513. The van der Waals surface area contributed by atoms with Crippen molar-refractivity contribution in [1.29, 1.82) is 0 Å². The predicted molar refractivity (Wildman–Crippen MR) is 151 cm³/mol. The summed E-state index contributed by atoms with van der Waals surface area (Å²) in [6.45, 7) is 4.29. The first-order valence-corrected chi connectivity index (χ1v) is 16.1. The molecule has 0 aromatic carbocycles. The molecule has 0 N–H and O–H groups in total. The molecular formula is C30H61NO2P+. The van der Waals surface area contributed by atoms with Gasteiger partial charge in [-0.3, -0.25) is 0 Å². The zero-order chi connectivity index (χ0) is 25.5. The van der Waals surface area contributed by atoms with Gasteiger partial charge in [0.1, 0.15) is 0 Å². The molecular weight excluding hydrogens is 437 g/mol. The second-order valence-electron chi connectivity index (χ2n) is 11.4. The third kappa shape index (κ3) is 16.3. The lowest BCUT2D eigenvalue weighted by Crippen LogP contribution is -2.53. The molecule has 0 radical (unpaired) electrons. The van der Waals surface area contributed by atoms with Gasteiger partial charge in [-0.15, -0.1) is 0 Å². The summed E-state index contributed by atoms with van der Waals surface area (Å²) < 4.78 is 24.4. The molecule has 4 heteroatoms. The first kappa shape index (κ1) is 33.6. The van der Waals surface area contributed by atoms with Crippen molar-refractivity contribution in [3.05, 3.63) is 12.2 Å². The number of nitrogens with zero attached hydrogens (tertiary/aromatic N) is 1. The van der Waals surface area contributed by atoms with Crippen molar-refractivity contribution in [2.24, 2.45) is 0 Å². The van der Waals surface area contributed by atoms with Crippen molar-refractivity contribution in [3.63, 3.8) is 0 Å². The molecule has 0 aliphatic rings. The van der Waals surface area contributed by atoms with Crippen LogP contribution in [0.3, 0.4) is 0 Å². The summed E-state index contributed by atoms with van der Waals surface area (Å²) in [7, 11) is 3.64. The second kappa shape index (κ2) is 21.8. The minimum atomic E-state index is -2.41. The summed E-state index contributed by atoms with van der Waals surface area (Å²) in [5, 5.41) is -0.597. The van der Waals surface area contributed by atoms with Crippen molar-refractivity contribution in [2.75, 3.05) is 21.1 Å². The second-order valence-corrected chi connectivity index (χ2v) is 12.8. The van der Waals surface area contributed by atoms with E-state index in [0.717, 1.165) is 12.8 Å². The highest BCUT2D eigenvalue weighted by atomic mass is 31.1. The Hall–Kier alpha value is -0.400. The topological polar surface area (TPSA) is 34.1 Å². The van der Waals surface area contributed by atoms with E-state index in [2.05, 4.69) is 19.1 Å². The fourth-order valence-corrected chi connectivity index (χ4v) is 6.26. The van der Waals surface area contributed by atoms with E-state index in [1.165, 1.54) is 122 Å². The van der Waals surface area contributed by atoms with Gasteiger partial charge < -0.3 is 4.48 Å². The lowest BCUT2D eigenvalue weighted by atomic mass is 10.0. The van der Waals surface area contributed by atoms with Crippen LogP contribution in [0.1, 0.15) is 155 Å². The van der Waals surface area contributed by atoms with Gasteiger partial charge >= 0.3 is 7.68 Å². The Morgan fingerprint density at radius 1 is 0.559 bits per heavy atom. The van der Waals surface area contributed by atoms with Gasteiger partial charge in [0.25, 0.3) is 0 Å². The van der Waals surface area contributed by atoms with Crippen LogP contribution in [0.5, 0.6) is 0 Å². The number of quaternary nitrogens is 1. The third-order valence-corrected chi connectivity index (χ3v) is 9.56. The highest BCUT2D eigenvalue weighted by molar-refractivity contribution is 7.32. The standard InChI is InChI=1S/C30H61NO2P/c1-6-8-9-10-11-12-13-14-15-16-17-18-19-20-21-22-23-24-25-26-27-28-29-30(7-2,34(32)33)31(3,4)5/h11-12H,6-10,13-29H2,1-5H3/q+1. The van der Waals surface area contributed by atoms with Crippen molar-refractivity contribution in [1.82, 2.24) is 0 Å². The average molecular weight is 499 g/mol. The van der Waals surface area contributed by atoms with Gasteiger partial charge in [0, 0.05) is 12.8 Å². The van der Waals surface area contributed by atoms with Crippen LogP contribution in [0.25, 0.3) is 0 Å². The van der Waals surface area contributed by atoms with Gasteiger partial charge in [0.05, 0.1) is 21.1 Å². The monoisotopic (exact) mass is 498 g/mol. The predicted octanol–water partition coefficient (Wildman–Crippen LogP) is 10.7. The normalized spacial score (nSPS) is 14.0. The molecule has 0 aromatic rings. The average Bonchev–Trinajstić information content (AvgIpc) is 2.78. The maximum absolute atomic E-state index is 12.0. The number of unbranched alkanes of at least 4 members (excludes halogenated alkanes) is 18. The van der Waals surface area contributed by atoms with E-state index in [1.807, 2.05) is 28.1 Å². The highest BCUT2D eigenvalue weighted by Gasteiger charge is 2.46. The molecule has 3 nitrogen and oxygen atoms in total. The first-order chi connectivity index (χ1) is 16.3. The SMILES string of the molecule is CCCCCC=CCCCCCCCCCCCCCCCCCC(CC)(P(=O)=O)[N+](C)(C)C. The molecule has 0 fully saturated rings. The fraction of sp³-hybridized carbons (Fsp3) is 0.933. The molecule has 1 atom stereocenters. The molecule has 0 rings (SSSR count). The van der Waals surface area contributed by atoms with Gasteiger partial charge in [0.2, 0.25) is 5.28 Å². The molecule has 0 aliphatic heterocycles. The van der Waals surface area contributed by atoms with E-state index in [-0.39, 0.29) is 0 Å². The van der Waals surface area contributed by atoms with Gasteiger partial charge in [-0.2, -0.15) is 0 Å². The number of rotatable bonds is 25. The van der Waals surface area contributed by atoms with E-state index in [9.17, 15) is 9.13 Å². The molecule has 0 saturated heterocycles. The molecule has 0 heterocycles. The summed E-state index contributed by atoms with van der Waals surface area (Å²) in [4.78, 5) is 0. The van der Waals surface area contributed by atoms with Crippen LogP contribution in [0.2, 0.25) is 0 Å². The first-order valence-electron chi connectivity index (χ1n) is 14.9. The van der Waals surface area contributed by atoms with Gasteiger partial charge in [0.15, 0.2) is 0 Å². The zero-order valence-electron chi connectivity index (χ0n) is 23.9. The summed E-state index contributed by atoms with van der Waals surface area (Å²) in [5.41, 5.74) is 0. The van der Waals surface area contributed by atoms with Crippen LogP contribution in [0.15, 0.2) is 12.2 Å². The molecule has 0 aliphatic carbocycles. The van der Waals surface area contributed by atoms with Crippen molar-refractivity contribution < 1.29 is 13.6 Å². The maximum atomic E-state index is 12.0. The Balaban J connectivity index is 3.44. The minimum Gasteiger partial charge on any atom is -0.314 e. The third-order valence-electron chi connectivity index (χ3n) is 7.74. The zero-order valence-corrected chi connectivity index (χ0v) is 24.8. The molecule has 202 valence electrons. The molecule has 0 amide bonds. The highest BCUT2D eigenvalue weighted by Crippen LogP contribution is 2.43. The molecule has 34 heavy (non-hydrogen) atoms. The van der Waals surface area contributed by atoms with Crippen molar-refractivity contribution in [2.45, 2.75) is 160 Å². The Kier molecular flexibility index (Phi) is 21.6. The molecule has 0 aromatic heterocycles. The number of hydrogen-bond acceptors (Lipinski definition) is 2. The fourth-order valence-electron chi connectivity index (χ4n) is 5.17. The van der Waals surface area contributed by atoms with Crippen LogP contribution in [0.4, 0.5) is 0 Å². The molecule has 0 bridgehead atoms. The number of allylic oxidation sites excluding steroid dienone is 2. The van der Waals surface area contributed by atoms with Crippen molar-refractivity contribution in [3.8, 4) is 0 Å². The summed E-state index contributed by atoms with van der Waals surface area (Å²) in [5.74, 6) is 0. The van der Waals surface area contributed by atoms with Gasteiger partial charge in [-0.25, -0.2) is 9.13 Å². The Labute approximate surface area is 215 Å². The molecule has 0 saturated carbocycles. The summed E-state index contributed by atoms with van der Waals surface area (Å²) >= 11 is 0. The van der Waals surface area contributed by atoms with E-state index >= 15 is 0 Å². The van der Waals surface area contributed by atoms with Crippen molar-refractivity contribution >= 4 is 7.68 Å². The largest absolute Gasteiger partial charge is 0.378 e. The molecule has 0 spiro atoms. The van der Waals surface area contributed by atoms with E-state index < -0.39 is 13.0 Å². The maximum Gasteiger partial charge on any atom is 0.378 e. The summed E-state index contributed by atoms with van der Waals surface area (Å²) in [6, 6.07) is 0. The molecule has 1 unspecified atom stereocenters. The summed E-state index contributed by atoms with van der Waals surface area (Å²) in [6.07, 6.45) is 33.0.